The Bertz CT molecular complexity index is 1440. The lowest BCUT2D eigenvalue weighted by Crippen LogP contribution is -2.46. The number of benzene rings is 3. The van der Waals surface area contributed by atoms with Crippen molar-refractivity contribution < 1.29 is 9.66 Å². The van der Waals surface area contributed by atoms with Gasteiger partial charge in [0.05, 0.1) is 28.6 Å². The molecule has 10 nitrogen and oxygen atoms in total. The van der Waals surface area contributed by atoms with E-state index < -0.39 is 4.92 Å². The minimum Gasteiger partial charge on any atom is -0.491 e. The molecule has 4 rings (SSSR count). The van der Waals surface area contributed by atoms with Gasteiger partial charge in [-0.2, -0.15) is 15.3 Å². The van der Waals surface area contributed by atoms with Crippen LogP contribution in [0, 0.1) is 10.1 Å². The molecule has 0 atom stereocenters. The lowest BCUT2D eigenvalue weighted by atomic mass is 10.1. The number of anilines is 1. The van der Waals surface area contributed by atoms with E-state index in [1.807, 2.05) is 30.3 Å². The molecule has 0 aromatic heterocycles. The topological polar surface area (TPSA) is 108 Å². The number of hydrogen-bond acceptors (Lipinski definition) is 9. The Morgan fingerprint density at radius 2 is 1.16 bits per heavy atom. The molecule has 1 heterocycles. The minimum atomic E-state index is -0.434. The molecule has 0 spiro atoms. The number of nitrogens with zero attached hydrogens (tertiary/aromatic N) is 7. The Kier molecular flexibility index (Phi) is 16.7. The number of nitro groups is 1. The van der Waals surface area contributed by atoms with Gasteiger partial charge in [0.2, 0.25) is 0 Å². The van der Waals surface area contributed by atoms with E-state index in [-0.39, 0.29) is 5.69 Å². The fraction of sp³-hybridized carbons (Fsp3) is 0.538. The van der Waals surface area contributed by atoms with Gasteiger partial charge in [-0.25, -0.2) is 0 Å². The van der Waals surface area contributed by atoms with Crippen molar-refractivity contribution in [2.24, 2.45) is 20.5 Å². The summed E-state index contributed by atoms with van der Waals surface area (Å²) in [5.41, 5.74) is 3.77. The highest BCUT2D eigenvalue weighted by Gasteiger charge is 2.17. The summed E-state index contributed by atoms with van der Waals surface area (Å²) in [6.45, 7) is 10.6. The molecule has 10 heteroatoms. The maximum Gasteiger partial charge on any atom is 0.269 e. The van der Waals surface area contributed by atoms with Crippen molar-refractivity contribution >= 4 is 34.1 Å². The fourth-order valence-corrected chi connectivity index (χ4v) is 5.95. The number of ether oxygens (including phenoxy) is 1. The molecule has 0 aliphatic carbocycles. The van der Waals surface area contributed by atoms with E-state index >= 15 is 0 Å². The van der Waals surface area contributed by atoms with Crippen LogP contribution in [0.3, 0.4) is 0 Å². The van der Waals surface area contributed by atoms with Crippen LogP contribution in [0.4, 0.5) is 34.1 Å². The molecule has 0 unspecified atom stereocenters. The molecule has 0 saturated carbocycles. The standard InChI is InChI=1S/C39H55N7O3/c1-3-5-7-9-11-12-14-26-44-27-29-45(30-28-44)36-21-16-33(17-22-36)40-42-35-20-25-38(39(32-35)49-31-15-13-10-8-6-4-2)43-41-34-18-23-37(24-19-34)46(47)48/h16-25,32H,3-15,26-31H2,1-2H3. The van der Waals surface area contributed by atoms with Crippen LogP contribution in [0.25, 0.3) is 0 Å². The lowest BCUT2D eigenvalue weighted by molar-refractivity contribution is -0.384. The van der Waals surface area contributed by atoms with Gasteiger partial charge in [-0.3, -0.25) is 15.0 Å². The van der Waals surface area contributed by atoms with Gasteiger partial charge in [-0.05, 0) is 67.9 Å². The molecule has 1 fully saturated rings. The highest BCUT2D eigenvalue weighted by Crippen LogP contribution is 2.34. The van der Waals surface area contributed by atoms with Gasteiger partial charge >= 0.3 is 0 Å². The lowest BCUT2D eigenvalue weighted by Gasteiger charge is -2.36. The summed E-state index contributed by atoms with van der Waals surface area (Å²) in [5, 5.41) is 28.6. The third-order valence-electron chi connectivity index (χ3n) is 8.98. The monoisotopic (exact) mass is 669 g/mol. The maximum absolute atomic E-state index is 11.0. The summed E-state index contributed by atoms with van der Waals surface area (Å²) < 4.78 is 6.16. The van der Waals surface area contributed by atoms with E-state index in [0.717, 1.165) is 44.7 Å². The first-order valence-corrected chi connectivity index (χ1v) is 18.5. The Morgan fingerprint density at radius 1 is 0.633 bits per heavy atom. The second-order valence-electron chi connectivity index (χ2n) is 12.9. The van der Waals surface area contributed by atoms with Gasteiger partial charge in [-0.1, -0.05) is 84.5 Å². The second-order valence-corrected chi connectivity index (χ2v) is 12.9. The van der Waals surface area contributed by atoms with Crippen LogP contribution in [0.2, 0.25) is 0 Å². The van der Waals surface area contributed by atoms with Crippen LogP contribution >= 0.6 is 0 Å². The van der Waals surface area contributed by atoms with Crippen LogP contribution in [0.1, 0.15) is 97.3 Å². The molecule has 49 heavy (non-hydrogen) atoms. The van der Waals surface area contributed by atoms with E-state index in [2.05, 4.69) is 56.2 Å². The van der Waals surface area contributed by atoms with Crippen molar-refractivity contribution in [3.63, 3.8) is 0 Å². The van der Waals surface area contributed by atoms with Crippen molar-refractivity contribution in [2.75, 3.05) is 44.2 Å². The third-order valence-corrected chi connectivity index (χ3v) is 8.98. The number of unbranched alkanes of at least 4 members (excludes halogenated alkanes) is 11. The number of nitro benzene ring substituents is 1. The Morgan fingerprint density at radius 3 is 1.80 bits per heavy atom. The average molecular weight is 670 g/mol. The summed E-state index contributed by atoms with van der Waals surface area (Å²) in [6, 6.07) is 19.8. The fourth-order valence-electron chi connectivity index (χ4n) is 5.95. The minimum absolute atomic E-state index is 0.0124. The molecular weight excluding hydrogens is 614 g/mol. The number of piperazine rings is 1. The first kappa shape index (κ1) is 37.6. The SMILES string of the molecule is CCCCCCCCCN1CCN(c2ccc(N=Nc3ccc(N=Nc4ccc([N+](=O)[O-])cc4)c(OCCCCCCCC)c3)cc2)CC1. The molecule has 3 aromatic rings. The zero-order valence-electron chi connectivity index (χ0n) is 29.6. The predicted molar refractivity (Wildman–Crippen MR) is 200 cm³/mol. The van der Waals surface area contributed by atoms with Crippen molar-refractivity contribution in [3.8, 4) is 5.75 Å². The summed E-state index contributed by atoms with van der Waals surface area (Å²) in [5.74, 6) is 0.581. The van der Waals surface area contributed by atoms with E-state index in [9.17, 15) is 10.1 Å². The molecule has 0 bridgehead atoms. The number of azo groups is 2. The van der Waals surface area contributed by atoms with Gasteiger partial charge in [0, 0.05) is 50.1 Å². The van der Waals surface area contributed by atoms with Crippen molar-refractivity contribution in [3.05, 3.63) is 76.8 Å². The predicted octanol–water partition coefficient (Wildman–Crippen LogP) is 12.0. The van der Waals surface area contributed by atoms with Crippen molar-refractivity contribution in [1.82, 2.24) is 4.90 Å². The van der Waals surface area contributed by atoms with Crippen LogP contribution in [-0.4, -0.2) is 49.2 Å². The van der Waals surface area contributed by atoms with Crippen molar-refractivity contribution in [2.45, 2.75) is 97.3 Å². The molecule has 3 aromatic carbocycles. The first-order chi connectivity index (χ1) is 24.1. The van der Waals surface area contributed by atoms with Crippen LogP contribution in [-0.2, 0) is 0 Å². The number of rotatable bonds is 22. The Hall–Kier alpha value is -4.18. The summed E-state index contributed by atoms with van der Waals surface area (Å²) >= 11 is 0. The van der Waals surface area contributed by atoms with Crippen LogP contribution in [0.15, 0.2) is 87.2 Å². The highest BCUT2D eigenvalue weighted by molar-refractivity contribution is 5.59. The Labute approximate surface area is 292 Å². The quantitative estimate of drug-likeness (QED) is 0.0458. The van der Waals surface area contributed by atoms with Gasteiger partial charge < -0.3 is 9.64 Å². The highest BCUT2D eigenvalue weighted by atomic mass is 16.6. The van der Waals surface area contributed by atoms with Gasteiger partial charge in [-0.15, -0.1) is 5.11 Å². The molecule has 0 radical (unpaired) electrons. The van der Waals surface area contributed by atoms with Gasteiger partial charge in [0.15, 0.2) is 0 Å². The first-order valence-electron chi connectivity index (χ1n) is 18.5. The molecule has 1 saturated heterocycles. The molecular formula is C39H55N7O3. The Balaban J connectivity index is 1.31. The van der Waals surface area contributed by atoms with Gasteiger partial charge in [0.25, 0.3) is 5.69 Å². The second kappa shape index (κ2) is 21.7. The summed E-state index contributed by atoms with van der Waals surface area (Å²) in [4.78, 5) is 15.6. The van der Waals surface area contributed by atoms with E-state index in [0.29, 0.717) is 29.4 Å². The zero-order chi connectivity index (χ0) is 34.5. The molecule has 1 aliphatic heterocycles. The molecule has 1 aliphatic rings. The van der Waals surface area contributed by atoms with Crippen LogP contribution in [0.5, 0.6) is 5.75 Å². The largest absolute Gasteiger partial charge is 0.491 e. The van der Waals surface area contributed by atoms with Crippen molar-refractivity contribution in [1.29, 1.82) is 0 Å². The van der Waals surface area contributed by atoms with Crippen LogP contribution < -0.4 is 9.64 Å². The molecule has 264 valence electrons. The molecule has 0 N–H and O–H groups in total. The van der Waals surface area contributed by atoms with E-state index in [1.165, 1.54) is 95.0 Å². The molecule has 0 amide bonds. The van der Waals surface area contributed by atoms with Gasteiger partial charge in [0.1, 0.15) is 11.4 Å². The maximum atomic E-state index is 11.0. The summed E-state index contributed by atoms with van der Waals surface area (Å²) in [6.07, 6.45) is 16.5. The van der Waals surface area contributed by atoms with E-state index in [4.69, 9.17) is 4.74 Å². The number of hydrogen-bond donors (Lipinski definition) is 0. The number of non-ortho nitro benzene ring substituents is 1. The zero-order valence-corrected chi connectivity index (χ0v) is 29.6. The van der Waals surface area contributed by atoms with E-state index in [1.54, 1.807) is 12.1 Å². The normalized spacial score (nSPS) is 13.9. The third kappa shape index (κ3) is 13.7. The summed E-state index contributed by atoms with van der Waals surface area (Å²) in [7, 11) is 0. The average Bonchev–Trinajstić information content (AvgIpc) is 3.13. The smallest absolute Gasteiger partial charge is 0.269 e.